The maximum atomic E-state index is 12.6. The fraction of sp³-hybridized carbons (Fsp3) is 0.444. The predicted molar refractivity (Wildman–Crippen MR) is 99.3 cm³/mol. The number of nitrogens with one attached hydrogen (secondary N) is 1. The van der Waals surface area contributed by atoms with Gasteiger partial charge in [0.15, 0.2) is 6.61 Å². The van der Waals surface area contributed by atoms with Crippen molar-refractivity contribution in [3.8, 4) is 0 Å². The van der Waals surface area contributed by atoms with E-state index in [1.54, 1.807) is 12.1 Å². The first-order chi connectivity index (χ1) is 13.2. The summed E-state index contributed by atoms with van der Waals surface area (Å²) in [6.45, 7) is 1.68. The summed E-state index contributed by atoms with van der Waals surface area (Å²) in [6, 6.07) is 4.62. The van der Waals surface area contributed by atoms with Gasteiger partial charge in [0.25, 0.3) is 17.7 Å². The summed E-state index contributed by atoms with van der Waals surface area (Å²) in [5, 5.41) is 2.52. The lowest BCUT2D eigenvalue weighted by atomic mass is 10.1. The number of benzene rings is 1. The van der Waals surface area contributed by atoms with Gasteiger partial charge in [-0.25, -0.2) is 13.2 Å². The summed E-state index contributed by atoms with van der Waals surface area (Å²) in [4.78, 5) is 50.1. The number of esters is 1. The Morgan fingerprint density at radius 1 is 1.14 bits per heavy atom. The minimum absolute atomic E-state index is 0.130. The fourth-order valence-electron chi connectivity index (χ4n) is 2.72. The lowest BCUT2D eigenvalue weighted by Crippen LogP contribution is -2.47. The number of hydrogen-bond acceptors (Lipinski definition) is 7. The maximum absolute atomic E-state index is 12.6. The van der Waals surface area contributed by atoms with Crippen LogP contribution in [0.3, 0.4) is 0 Å². The monoisotopic (exact) mass is 410 g/mol. The molecule has 0 spiro atoms. The second-order valence-corrected chi connectivity index (χ2v) is 8.68. The Morgan fingerprint density at radius 2 is 1.71 bits per heavy atom. The standard InChI is InChI=1S/C18H22N2O7S/c1-3-9-19-15(21)11-27-18(24)14(8-10-28(2,25)26)20-16(22)12-6-4-5-7-13(12)17(20)23/h4-7,14H,3,8-11H2,1-2H3,(H,19,21)/t14-/m0/s1. The molecule has 9 nitrogen and oxygen atoms in total. The van der Waals surface area contributed by atoms with Gasteiger partial charge in [-0.15, -0.1) is 0 Å². The molecule has 1 aliphatic rings. The smallest absolute Gasteiger partial charge is 0.329 e. The van der Waals surface area contributed by atoms with Gasteiger partial charge in [0, 0.05) is 12.8 Å². The number of hydrogen-bond donors (Lipinski definition) is 1. The minimum Gasteiger partial charge on any atom is -0.454 e. The summed E-state index contributed by atoms with van der Waals surface area (Å²) in [7, 11) is -3.46. The van der Waals surface area contributed by atoms with Gasteiger partial charge in [0.05, 0.1) is 16.9 Å². The molecule has 28 heavy (non-hydrogen) atoms. The molecule has 3 amide bonds. The van der Waals surface area contributed by atoms with E-state index in [4.69, 9.17) is 4.74 Å². The number of sulfone groups is 1. The first-order valence-electron chi connectivity index (χ1n) is 8.73. The molecule has 0 aliphatic carbocycles. The van der Waals surface area contributed by atoms with Crippen LogP contribution in [0.5, 0.6) is 0 Å². The van der Waals surface area contributed by atoms with Crippen molar-refractivity contribution >= 4 is 33.5 Å². The number of carbonyl (C=O) groups is 4. The van der Waals surface area contributed by atoms with Crippen LogP contribution in [-0.4, -0.2) is 68.2 Å². The van der Waals surface area contributed by atoms with Crippen molar-refractivity contribution in [1.82, 2.24) is 10.2 Å². The molecule has 0 unspecified atom stereocenters. The molecule has 1 heterocycles. The lowest BCUT2D eigenvalue weighted by Gasteiger charge is -2.24. The third-order valence-electron chi connectivity index (χ3n) is 4.09. The highest BCUT2D eigenvalue weighted by Crippen LogP contribution is 2.26. The van der Waals surface area contributed by atoms with Gasteiger partial charge in [0.1, 0.15) is 15.9 Å². The molecule has 1 N–H and O–H groups in total. The van der Waals surface area contributed by atoms with Gasteiger partial charge < -0.3 is 10.1 Å². The molecule has 0 saturated heterocycles. The average Bonchev–Trinajstić information content (AvgIpc) is 2.89. The molecular weight excluding hydrogens is 388 g/mol. The second kappa shape index (κ2) is 8.96. The predicted octanol–water partition coefficient (Wildman–Crippen LogP) is 0.155. The number of rotatable bonds is 9. The topological polar surface area (TPSA) is 127 Å². The molecular formula is C18H22N2O7S. The summed E-state index contributed by atoms with van der Waals surface area (Å²) in [5.74, 6) is -3.37. The second-order valence-electron chi connectivity index (χ2n) is 6.42. The van der Waals surface area contributed by atoms with E-state index in [2.05, 4.69) is 5.32 Å². The zero-order valence-electron chi connectivity index (χ0n) is 15.6. The fourth-order valence-corrected chi connectivity index (χ4v) is 3.37. The molecule has 0 saturated carbocycles. The van der Waals surface area contributed by atoms with Crippen LogP contribution < -0.4 is 5.32 Å². The van der Waals surface area contributed by atoms with Crippen LogP contribution in [0.25, 0.3) is 0 Å². The normalized spacial score (nSPS) is 14.6. The van der Waals surface area contributed by atoms with Crippen molar-refractivity contribution in [2.24, 2.45) is 0 Å². The molecule has 10 heteroatoms. The van der Waals surface area contributed by atoms with Crippen molar-refractivity contribution in [3.63, 3.8) is 0 Å². The van der Waals surface area contributed by atoms with Crippen molar-refractivity contribution in [1.29, 1.82) is 0 Å². The number of ether oxygens (including phenoxy) is 1. The molecule has 0 bridgehead atoms. The highest BCUT2D eigenvalue weighted by molar-refractivity contribution is 7.90. The summed E-state index contributed by atoms with van der Waals surface area (Å²) >= 11 is 0. The van der Waals surface area contributed by atoms with E-state index >= 15 is 0 Å². The van der Waals surface area contributed by atoms with Gasteiger partial charge in [-0.1, -0.05) is 19.1 Å². The lowest BCUT2D eigenvalue weighted by molar-refractivity contribution is -0.152. The molecule has 1 aromatic rings. The van der Waals surface area contributed by atoms with Gasteiger partial charge in [0.2, 0.25) is 0 Å². The van der Waals surface area contributed by atoms with Gasteiger partial charge in [-0.05, 0) is 25.0 Å². The number of amides is 3. The third kappa shape index (κ3) is 5.16. The molecule has 1 aromatic carbocycles. The van der Waals surface area contributed by atoms with E-state index in [1.165, 1.54) is 12.1 Å². The number of carbonyl (C=O) groups excluding carboxylic acids is 4. The largest absolute Gasteiger partial charge is 0.454 e. The van der Waals surface area contributed by atoms with Crippen LogP contribution in [0.4, 0.5) is 0 Å². The molecule has 152 valence electrons. The first-order valence-corrected chi connectivity index (χ1v) is 10.8. The molecule has 0 fully saturated rings. The molecule has 0 aromatic heterocycles. The Hall–Kier alpha value is -2.75. The van der Waals surface area contributed by atoms with Crippen molar-refractivity contribution in [3.05, 3.63) is 35.4 Å². The highest BCUT2D eigenvalue weighted by Gasteiger charge is 2.43. The van der Waals surface area contributed by atoms with Crippen molar-refractivity contribution < 1.29 is 32.3 Å². The van der Waals surface area contributed by atoms with Crippen molar-refractivity contribution in [2.45, 2.75) is 25.8 Å². The van der Waals surface area contributed by atoms with Gasteiger partial charge >= 0.3 is 5.97 Å². The molecule has 0 radical (unpaired) electrons. The Kier molecular flexibility index (Phi) is 6.90. The zero-order chi connectivity index (χ0) is 20.9. The molecule has 1 aliphatic heterocycles. The number of imide groups is 1. The van der Waals surface area contributed by atoms with E-state index in [0.717, 1.165) is 6.26 Å². The van der Waals surface area contributed by atoms with Crippen LogP contribution in [0.2, 0.25) is 0 Å². The van der Waals surface area contributed by atoms with Crippen LogP contribution in [-0.2, 0) is 24.2 Å². The number of fused-ring (bicyclic) bond motifs is 1. The van der Waals surface area contributed by atoms with Crippen molar-refractivity contribution in [2.75, 3.05) is 25.2 Å². The summed E-state index contributed by atoms with van der Waals surface area (Å²) < 4.78 is 28.0. The first kappa shape index (κ1) is 21.5. The summed E-state index contributed by atoms with van der Waals surface area (Å²) in [5.41, 5.74) is 0.260. The zero-order valence-corrected chi connectivity index (χ0v) is 16.5. The molecule has 1 atom stereocenters. The van der Waals surface area contributed by atoms with Crippen LogP contribution in [0, 0.1) is 0 Å². The van der Waals surface area contributed by atoms with E-state index in [0.29, 0.717) is 17.9 Å². The van der Waals surface area contributed by atoms with Crippen LogP contribution >= 0.6 is 0 Å². The quantitative estimate of drug-likeness (QED) is 0.454. The van der Waals surface area contributed by atoms with E-state index < -0.39 is 51.9 Å². The van der Waals surface area contributed by atoms with E-state index in [-0.39, 0.29) is 17.5 Å². The summed E-state index contributed by atoms with van der Waals surface area (Å²) in [6.07, 6.45) is 1.36. The Bertz CT molecular complexity index is 860. The Balaban J connectivity index is 2.20. The minimum atomic E-state index is -3.46. The number of nitrogens with zero attached hydrogens (tertiary/aromatic N) is 1. The van der Waals surface area contributed by atoms with Gasteiger partial charge in [-0.2, -0.15) is 0 Å². The Morgan fingerprint density at radius 3 is 2.21 bits per heavy atom. The maximum Gasteiger partial charge on any atom is 0.329 e. The van der Waals surface area contributed by atoms with Crippen LogP contribution in [0.1, 0.15) is 40.5 Å². The van der Waals surface area contributed by atoms with Crippen LogP contribution in [0.15, 0.2) is 24.3 Å². The molecule has 2 rings (SSSR count). The average molecular weight is 410 g/mol. The van der Waals surface area contributed by atoms with E-state index in [1.807, 2.05) is 6.92 Å². The Labute approximate surface area is 162 Å². The highest BCUT2D eigenvalue weighted by atomic mass is 32.2. The SMILES string of the molecule is CCCNC(=O)COC(=O)[C@H](CCS(C)(=O)=O)N1C(=O)c2ccccc2C1=O. The third-order valence-corrected chi connectivity index (χ3v) is 5.07. The van der Waals surface area contributed by atoms with Gasteiger partial charge in [-0.3, -0.25) is 19.3 Å². The van der Waals surface area contributed by atoms with E-state index in [9.17, 15) is 27.6 Å².